The fraction of sp³-hybridized carbons (Fsp3) is 0.700. The third-order valence-electron chi connectivity index (χ3n) is 2.01. The van der Waals surface area contributed by atoms with Crippen molar-refractivity contribution in [2.24, 2.45) is 0 Å². The van der Waals surface area contributed by atoms with Crippen LogP contribution < -0.4 is 9.92 Å². The first-order chi connectivity index (χ1) is 8.33. The lowest BCUT2D eigenvalue weighted by atomic mass is 10.2. The Morgan fingerprint density at radius 2 is 2.22 bits per heavy atom. The summed E-state index contributed by atoms with van der Waals surface area (Å²) < 4.78 is 10.0. The van der Waals surface area contributed by atoms with Gasteiger partial charge in [-0.15, -0.1) is 0 Å². The van der Waals surface area contributed by atoms with Crippen molar-refractivity contribution in [3.05, 3.63) is 16.3 Å². The summed E-state index contributed by atoms with van der Waals surface area (Å²) in [4.78, 5) is 22.6. The summed E-state index contributed by atoms with van der Waals surface area (Å²) in [5.74, 6) is 0.362. The van der Waals surface area contributed by atoms with E-state index in [2.05, 4.69) is 27.7 Å². The summed E-state index contributed by atoms with van der Waals surface area (Å²) in [5.41, 5.74) is 0.475. The zero-order valence-corrected chi connectivity index (χ0v) is 11.5. The maximum Gasteiger partial charge on any atom is 0.407 e. The number of aromatic nitrogens is 2. The van der Waals surface area contributed by atoms with Gasteiger partial charge < -0.3 is 10.1 Å². The average molecular weight is 276 g/mol. The van der Waals surface area contributed by atoms with Gasteiger partial charge >= 0.3 is 6.09 Å². The van der Waals surface area contributed by atoms with Crippen LogP contribution in [0.15, 0.2) is 4.63 Å². The number of aromatic amines is 1. The third kappa shape index (κ3) is 4.44. The molecular weight excluding hydrogens is 258 g/mol. The number of nitrogens with zero attached hydrogens (tertiary/aromatic N) is 1. The first-order valence-electron chi connectivity index (χ1n) is 5.53. The molecule has 1 aromatic rings. The molecule has 0 fully saturated rings. The van der Waals surface area contributed by atoms with Gasteiger partial charge in [-0.2, -0.15) is 12.6 Å². The Morgan fingerprint density at radius 3 is 2.78 bits per heavy atom. The first kappa shape index (κ1) is 14.6. The lowest BCUT2D eigenvalue weighted by Crippen LogP contribution is -2.34. The molecule has 0 saturated heterocycles. The van der Waals surface area contributed by atoms with Gasteiger partial charge in [0, 0.05) is 13.0 Å². The maximum atomic E-state index is 11.4. The lowest BCUT2D eigenvalue weighted by molar-refractivity contribution is -0.719. The summed E-state index contributed by atoms with van der Waals surface area (Å²) in [6, 6.07) is 0. The largest absolute Gasteiger partial charge is 0.444 e. The van der Waals surface area contributed by atoms with Gasteiger partial charge in [-0.05, 0) is 25.7 Å². The molecule has 1 rings (SSSR count). The predicted molar refractivity (Wildman–Crippen MR) is 67.1 cm³/mol. The van der Waals surface area contributed by atoms with Crippen molar-refractivity contribution in [1.82, 2.24) is 10.5 Å². The zero-order valence-electron chi connectivity index (χ0n) is 10.6. The number of ether oxygens (including phenoxy) is 1. The second-order valence-electron chi connectivity index (χ2n) is 4.71. The molecule has 18 heavy (non-hydrogen) atoms. The highest BCUT2D eigenvalue weighted by Gasteiger charge is 2.20. The predicted octanol–water partition coefficient (Wildman–Crippen LogP) is 1.02. The molecule has 0 unspecified atom stereocenters. The molecule has 0 aromatic carbocycles. The van der Waals surface area contributed by atoms with Crippen molar-refractivity contribution in [2.45, 2.75) is 38.5 Å². The van der Waals surface area contributed by atoms with Gasteiger partial charge in [0.15, 0.2) is 4.60 Å². The highest BCUT2D eigenvalue weighted by Crippen LogP contribution is 2.07. The van der Waals surface area contributed by atoms with Crippen molar-refractivity contribution in [1.29, 1.82) is 0 Å². The normalized spacial score (nSPS) is 11.3. The smallest absolute Gasteiger partial charge is 0.407 e. The quantitative estimate of drug-likeness (QED) is 0.716. The van der Waals surface area contributed by atoms with Crippen molar-refractivity contribution in [3.63, 3.8) is 0 Å². The molecule has 102 valence electrons. The highest BCUT2D eigenvalue weighted by atomic mass is 32.1. The number of hydrogen-bond acceptors (Lipinski definition) is 5. The van der Waals surface area contributed by atoms with E-state index in [1.807, 2.05) is 0 Å². The summed E-state index contributed by atoms with van der Waals surface area (Å²) in [6.45, 7) is 5.62. The topological polar surface area (TPSA) is 90.2 Å². The molecule has 1 amide bonds. The van der Waals surface area contributed by atoms with Crippen LogP contribution >= 0.6 is 12.6 Å². The van der Waals surface area contributed by atoms with Gasteiger partial charge in [0.1, 0.15) is 5.60 Å². The summed E-state index contributed by atoms with van der Waals surface area (Å²) in [5, 5.41) is 5.02. The molecule has 7 nitrogen and oxygen atoms in total. The minimum atomic E-state index is -0.539. The molecule has 1 aromatic heterocycles. The van der Waals surface area contributed by atoms with E-state index in [-0.39, 0.29) is 6.54 Å². The molecule has 0 aliphatic heterocycles. The Kier molecular flexibility index (Phi) is 4.83. The summed E-state index contributed by atoms with van der Waals surface area (Å²) >= 11 is 4.06. The Hall–Kier alpha value is -1.44. The first-order valence-corrected chi connectivity index (χ1v) is 6.16. The number of carbonyl (C=O) groups excluding carboxylic acids is 1. The van der Waals surface area contributed by atoms with Crippen LogP contribution in [-0.2, 0) is 16.9 Å². The fourth-order valence-corrected chi connectivity index (χ4v) is 1.53. The monoisotopic (exact) mass is 276 g/mol. The number of nitrogens with one attached hydrogen (secondary N) is 2. The van der Waals surface area contributed by atoms with E-state index >= 15 is 0 Å². The Labute approximate surface area is 110 Å². The summed E-state index contributed by atoms with van der Waals surface area (Å²) in [6.07, 6.45) is -0.175. The Bertz CT molecular complexity index is 460. The minimum Gasteiger partial charge on any atom is -0.444 e. The number of rotatable bonds is 4. The molecular formula is C10H18N3O4S+. The summed E-state index contributed by atoms with van der Waals surface area (Å²) in [7, 11) is 0. The van der Waals surface area contributed by atoms with Crippen LogP contribution in [-0.4, -0.2) is 23.4 Å². The Morgan fingerprint density at radius 1 is 1.56 bits per heavy atom. The van der Waals surface area contributed by atoms with Gasteiger partial charge in [-0.3, -0.25) is 0 Å². The molecule has 0 spiro atoms. The molecule has 0 aliphatic carbocycles. The molecule has 0 bridgehead atoms. The van der Waals surface area contributed by atoms with Crippen molar-refractivity contribution in [3.8, 4) is 0 Å². The lowest BCUT2D eigenvalue weighted by Gasteiger charge is -2.19. The third-order valence-corrected chi connectivity index (χ3v) is 2.32. The number of thiol groups is 1. The van der Waals surface area contributed by atoms with Crippen LogP contribution in [0.2, 0.25) is 0 Å². The molecule has 8 heteroatoms. The van der Waals surface area contributed by atoms with Crippen LogP contribution in [0.25, 0.3) is 0 Å². The van der Waals surface area contributed by atoms with Crippen LogP contribution in [0, 0.1) is 4.91 Å². The van der Waals surface area contributed by atoms with Gasteiger partial charge in [-0.25, -0.2) is 4.79 Å². The van der Waals surface area contributed by atoms with Crippen molar-refractivity contribution >= 4 is 18.7 Å². The fourth-order valence-electron chi connectivity index (χ4n) is 1.28. The standard InChI is InChI=1S/C10H17N3O4S/c1-10(2,3)16-9(14)11-5-4-8-7(6-18)12-17-13(8)15/h12H,4-6H2,1-3H3,(H-,11,14,18)/p+1. The van der Waals surface area contributed by atoms with Crippen LogP contribution in [0.1, 0.15) is 32.2 Å². The molecule has 2 N–H and O–H groups in total. The number of hydrogen-bond donors (Lipinski definition) is 3. The molecule has 1 heterocycles. The number of alkyl carbamates (subject to hydrolysis) is 1. The van der Waals surface area contributed by atoms with Crippen LogP contribution in [0.5, 0.6) is 0 Å². The highest BCUT2D eigenvalue weighted by molar-refractivity contribution is 7.79. The van der Waals surface area contributed by atoms with Crippen LogP contribution in [0.4, 0.5) is 4.79 Å². The van der Waals surface area contributed by atoms with E-state index in [9.17, 15) is 9.70 Å². The van der Waals surface area contributed by atoms with E-state index in [1.165, 1.54) is 0 Å². The Balaban J connectivity index is 2.45. The number of amides is 1. The van der Waals surface area contributed by atoms with Gasteiger partial charge in [0.05, 0.1) is 5.75 Å². The van der Waals surface area contributed by atoms with Gasteiger partial charge in [0.25, 0.3) is 0 Å². The van der Waals surface area contributed by atoms with E-state index in [1.54, 1.807) is 20.8 Å². The van der Waals surface area contributed by atoms with E-state index in [0.29, 0.717) is 28.2 Å². The zero-order chi connectivity index (χ0) is 13.8. The van der Waals surface area contributed by atoms with Gasteiger partial charge in [-0.1, -0.05) is 9.79 Å². The number of H-pyrrole nitrogens is 1. The van der Waals surface area contributed by atoms with Crippen molar-refractivity contribution in [2.75, 3.05) is 6.54 Å². The molecule has 0 saturated carbocycles. The van der Waals surface area contributed by atoms with E-state index in [0.717, 1.165) is 0 Å². The molecule has 0 atom stereocenters. The molecule has 0 aliphatic rings. The SMILES string of the molecule is CC(C)(C)OC(=O)NCCc1c(CS)[nH]o[n+]1=O. The van der Waals surface area contributed by atoms with Gasteiger partial charge in [0.2, 0.25) is 11.4 Å². The average Bonchev–Trinajstić information content (AvgIpc) is 2.57. The molecule has 0 radical (unpaired) electrons. The van der Waals surface area contributed by atoms with Crippen LogP contribution in [0.3, 0.4) is 0 Å². The second-order valence-corrected chi connectivity index (χ2v) is 5.03. The second kappa shape index (κ2) is 5.94. The minimum absolute atomic E-state index is 0.283. The van der Waals surface area contributed by atoms with E-state index in [4.69, 9.17) is 4.74 Å². The van der Waals surface area contributed by atoms with E-state index < -0.39 is 11.7 Å². The number of carbonyl (C=O) groups is 1. The van der Waals surface area contributed by atoms with Crippen molar-refractivity contribution < 1.29 is 18.8 Å². The maximum absolute atomic E-state index is 11.4.